The maximum Gasteiger partial charge on any atom is 0.313 e. The van der Waals surface area contributed by atoms with E-state index in [2.05, 4.69) is 23.7 Å². The Hall–Kier alpha value is -4.70. The SMILES string of the molecule is CC#Cc1ccc(C2=C(OC(=O)C(C)C)[C@@H]3[C@H](C2=O)[C@H]2CC[C@@H]3O2)c(OC)c1.CC#Cc1ccc(C2C(=O)[C@@H]3[C@H](C2=O)[C@H]2CC[C@@H]3O2)c(OC)c1. The zero-order chi connectivity index (χ0) is 36.1. The summed E-state index contributed by atoms with van der Waals surface area (Å²) in [6.45, 7) is 7.10. The zero-order valence-corrected chi connectivity index (χ0v) is 29.7. The minimum Gasteiger partial charge on any atom is -0.496 e. The molecule has 0 N–H and O–H groups in total. The van der Waals surface area contributed by atoms with E-state index in [0.29, 0.717) is 34.0 Å². The van der Waals surface area contributed by atoms with E-state index in [9.17, 15) is 19.2 Å². The average molecular weight is 691 g/mol. The van der Waals surface area contributed by atoms with E-state index >= 15 is 0 Å². The van der Waals surface area contributed by atoms with Gasteiger partial charge in [0.2, 0.25) is 0 Å². The molecule has 0 aromatic heterocycles. The Bertz CT molecular complexity index is 1940. The van der Waals surface area contributed by atoms with Crippen LogP contribution < -0.4 is 9.47 Å². The second kappa shape index (κ2) is 13.8. The molecule has 2 aromatic carbocycles. The summed E-state index contributed by atoms with van der Waals surface area (Å²) in [7, 11) is 3.12. The van der Waals surface area contributed by atoms with Gasteiger partial charge in [-0.15, -0.1) is 11.8 Å². The number of ether oxygens (including phenoxy) is 5. The van der Waals surface area contributed by atoms with Crippen molar-refractivity contribution in [2.45, 2.75) is 83.7 Å². The van der Waals surface area contributed by atoms with Gasteiger partial charge in [0.1, 0.15) is 23.2 Å². The van der Waals surface area contributed by atoms with Crippen LogP contribution in [-0.2, 0) is 33.4 Å². The van der Waals surface area contributed by atoms with Crippen LogP contribution in [0.3, 0.4) is 0 Å². The molecule has 0 amide bonds. The van der Waals surface area contributed by atoms with E-state index in [4.69, 9.17) is 23.7 Å². The molecule has 9 atom stereocenters. The largest absolute Gasteiger partial charge is 0.496 e. The third-order valence-electron chi connectivity index (χ3n) is 11.1. The minimum atomic E-state index is -0.712. The summed E-state index contributed by atoms with van der Waals surface area (Å²) in [6.07, 6.45) is 3.24. The fraction of sp³-hybridized carbons (Fsp3) is 0.476. The van der Waals surface area contributed by atoms with Crippen molar-refractivity contribution in [2.75, 3.05) is 14.2 Å². The summed E-state index contributed by atoms with van der Waals surface area (Å²) in [4.78, 5) is 51.6. The summed E-state index contributed by atoms with van der Waals surface area (Å²) >= 11 is 0. The van der Waals surface area contributed by atoms with Crippen LogP contribution in [0.15, 0.2) is 42.2 Å². The van der Waals surface area contributed by atoms with Crippen molar-refractivity contribution < 1.29 is 42.9 Å². The number of carbonyl (C=O) groups excluding carboxylic acids is 4. The van der Waals surface area contributed by atoms with Crippen molar-refractivity contribution >= 4 is 28.9 Å². The molecular formula is C42H42O9. The van der Waals surface area contributed by atoms with Gasteiger partial charge in [-0.3, -0.25) is 19.2 Å². The Morgan fingerprint density at radius 2 is 1.24 bits per heavy atom. The van der Waals surface area contributed by atoms with Gasteiger partial charge in [-0.2, -0.15) is 0 Å². The molecule has 4 heterocycles. The summed E-state index contributed by atoms with van der Waals surface area (Å²) in [5.74, 6) is 10.9. The van der Waals surface area contributed by atoms with E-state index in [1.165, 1.54) is 0 Å². The zero-order valence-electron chi connectivity index (χ0n) is 29.7. The second-order valence-corrected chi connectivity index (χ2v) is 14.2. The topological polar surface area (TPSA) is 114 Å². The van der Waals surface area contributed by atoms with Crippen molar-refractivity contribution in [3.8, 4) is 35.2 Å². The van der Waals surface area contributed by atoms with Crippen LogP contribution in [0.2, 0.25) is 0 Å². The summed E-state index contributed by atoms with van der Waals surface area (Å²) in [6, 6.07) is 10.9. The number of carbonyl (C=O) groups is 4. The first-order valence-electron chi connectivity index (χ1n) is 17.7. The van der Waals surface area contributed by atoms with E-state index < -0.39 is 5.92 Å². The third-order valence-corrected chi connectivity index (χ3v) is 11.1. The average Bonchev–Trinajstić information content (AvgIpc) is 3.98. The van der Waals surface area contributed by atoms with Gasteiger partial charge in [0.15, 0.2) is 17.3 Å². The lowest BCUT2D eigenvalue weighted by molar-refractivity contribution is -0.144. The van der Waals surface area contributed by atoms with Crippen LogP contribution in [0.1, 0.15) is 81.5 Å². The first-order valence-corrected chi connectivity index (χ1v) is 17.7. The molecule has 4 aliphatic heterocycles. The Morgan fingerprint density at radius 3 is 1.76 bits per heavy atom. The monoisotopic (exact) mass is 690 g/mol. The Labute approximate surface area is 298 Å². The first-order chi connectivity index (χ1) is 24.6. The van der Waals surface area contributed by atoms with Crippen LogP contribution in [0.5, 0.6) is 11.5 Å². The predicted molar refractivity (Wildman–Crippen MR) is 186 cm³/mol. The van der Waals surface area contributed by atoms with Gasteiger partial charge in [0.05, 0.1) is 73.8 Å². The number of hydrogen-bond donors (Lipinski definition) is 0. The molecule has 1 saturated carbocycles. The molecule has 0 spiro atoms. The minimum absolute atomic E-state index is 0.000161. The van der Waals surface area contributed by atoms with Gasteiger partial charge in [0, 0.05) is 22.3 Å². The van der Waals surface area contributed by atoms with Gasteiger partial charge in [0.25, 0.3) is 0 Å². The molecule has 9 heteroatoms. The van der Waals surface area contributed by atoms with Crippen molar-refractivity contribution in [3.63, 3.8) is 0 Å². The lowest BCUT2D eigenvalue weighted by Crippen LogP contribution is -2.30. The van der Waals surface area contributed by atoms with Gasteiger partial charge < -0.3 is 23.7 Å². The quantitative estimate of drug-likeness (QED) is 0.222. The van der Waals surface area contributed by atoms with Gasteiger partial charge in [-0.05, 0) is 69.9 Å². The highest BCUT2D eigenvalue weighted by atomic mass is 16.6. The lowest BCUT2D eigenvalue weighted by Gasteiger charge is -2.22. The molecule has 4 bridgehead atoms. The number of methoxy groups -OCH3 is 2. The Balaban J connectivity index is 0.000000162. The summed E-state index contributed by atoms with van der Waals surface area (Å²) in [5.41, 5.74) is 3.39. The predicted octanol–water partition coefficient (Wildman–Crippen LogP) is 5.45. The molecule has 2 aromatic rings. The number of fused-ring (bicyclic) bond motifs is 10. The van der Waals surface area contributed by atoms with Crippen LogP contribution in [0.25, 0.3) is 5.57 Å². The molecule has 51 heavy (non-hydrogen) atoms. The van der Waals surface area contributed by atoms with Crippen LogP contribution in [0, 0.1) is 53.3 Å². The van der Waals surface area contributed by atoms with Crippen molar-refractivity contribution in [3.05, 3.63) is 64.4 Å². The Morgan fingerprint density at radius 1 is 0.725 bits per heavy atom. The smallest absolute Gasteiger partial charge is 0.313 e. The number of allylic oxidation sites excluding steroid dienone is 1. The standard InChI is InChI=1S/C23H24O5.C19H18O4/c1-5-6-13-7-8-14(17(11-13)26-4)18-21(24)19-15-9-10-16(27-15)20(19)22(18)28-23(25)12(2)3;1-3-4-10-5-6-11(14(9-10)22-2)15-18(20)16-12-7-8-13(23-12)17(16)19(15)21/h7-8,11-12,15-16,19-20H,9-10H2,1-4H3;5-6,9,12-13,15-17H,7-8H2,1-2H3/t15-,16+,19-,20+;12-,13+,15?,16-,17+/m1./s1. The number of benzene rings is 2. The van der Waals surface area contributed by atoms with E-state index in [1.807, 2.05) is 30.3 Å². The van der Waals surface area contributed by atoms with E-state index in [1.54, 1.807) is 48.0 Å². The van der Waals surface area contributed by atoms with Crippen molar-refractivity contribution in [2.24, 2.45) is 29.6 Å². The molecule has 4 saturated heterocycles. The number of hydrogen-bond acceptors (Lipinski definition) is 9. The fourth-order valence-electron chi connectivity index (χ4n) is 8.93. The maximum atomic E-state index is 13.4. The van der Waals surface area contributed by atoms with Crippen LogP contribution in [-0.4, -0.2) is 62.0 Å². The lowest BCUT2D eigenvalue weighted by atomic mass is 9.80. The van der Waals surface area contributed by atoms with Crippen molar-refractivity contribution in [1.82, 2.24) is 0 Å². The number of Topliss-reactive ketones (excluding diaryl/α,β-unsaturated/α-hetero) is 3. The van der Waals surface area contributed by atoms with E-state index in [-0.39, 0.29) is 77.3 Å². The normalized spacial score (nSPS) is 30.6. The van der Waals surface area contributed by atoms with Gasteiger partial charge >= 0.3 is 5.97 Å². The highest BCUT2D eigenvalue weighted by molar-refractivity contribution is 6.26. The summed E-state index contributed by atoms with van der Waals surface area (Å²) in [5, 5.41) is 0. The van der Waals surface area contributed by atoms with E-state index in [0.717, 1.165) is 36.8 Å². The fourth-order valence-corrected chi connectivity index (χ4v) is 8.93. The maximum absolute atomic E-state index is 13.4. The van der Waals surface area contributed by atoms with Crippen LogP contribution in [0.4, 0.5) is 0 Å². The highest BCUT2D eigenvalue weighted by Crippen LogP contribution is 2.56. The highest BCUT2D eigenvalue weighted by Gasteiger charge is 2.63. The number of esters is 1. The molecule has 6 aliphatic rings. The first kappa shape index (κ1) is 34.7. The van der Waals surface area contributed by atoms with Gasteiger partial charge in [-0.1, -0.05) is 31.8 Å². The molecule has 264 valence electrons. The second-order valence-electron chi connectivity index (χ2n) is 14.2. The molecule has 9 nitrogen and oxygen atoms in total. The molecule has 5 fully saturated rings. The molecule has 8 rings (SSSR count). The molecule has 0 radical (unpaired) electrons. The molecule has 1 unspecified atom stereocenters. The number of rotatable bonds is 6. The number of ketones is 3. The summed E-state index contributed by atoms with van der Waals surface area (Å²) < 4.78 is 28.6. The molecular weight excluding hydrogens is 648 g/mol. The van der Waals surface area contributed by atoms with Crippen molar-refractivity contribution in [1.29, 1.82) is 0 Å². The molecule has 2 aliphatic carbocycles. The third kappa shape index (κ3) is 5.77. The van der Waals surface area contributed by atoms with Crippen LogP contribution >= 0.6 is 0 Å². The van der Waals surface area contributed by atoms with Gasteiger partial charge in [-0.25, -0.2) is 0 Å². The Kier molecular flexibility index (Phi) is 9.39.